The molecule has 3 heterocycles. The number of nitrogens with one attached hydrogen (secondary N) is 1. The lowest BCUT2D eigenvalue weighted by atomic mass is 9.83. The van der Waals surface area contributed by atoms with Crippen molar-refractivity contribution in [2.45, 2.75) is 38.8 Å². The molecule has 0 aromatic carbocycles. The highest BCUT2D eigenvalue weighted by Gasteiger charge is 2.46. The minimum absolute atomic E-state index is 0.0203. The highest BCUT2D eigenvalue weighted by atomic mass is 32.2. The predicted molar refractivity (Wildman–Crippen MR) is 93.2 cm³/mol. The minimum Gasteiger partial charge on any atom is -0.372 e. The molecule has 2 aliphatic rings. The van der Waals surface area contributed by atoms with E-state index in [1.807, 2.05) is 11.3 Å². The van der Waals surface area contributed by atoms with Crippen LogP contribution >= 0.6 is 11.3 Å². The van der Waals surface area contributed by atoms with Crippen molar-refractivity contribution in [2.75, 3.05) is 32.0 Å². The van der Waals surface area contributed by atoms with Gasteiger partial charge in [0, 0.05) is 35.9 Å². The van der Waals surface area contributed by atoms with Crippen LogP contribution in [-0.4, -0.2) is 50.9 Å². The standard InChI is InChI=1S/C16H26N2O3S2/c1-3-23(19,20)17-8-14-6-7-16(21-10-14)11-18(12-16)9-15-5-4-13(2)22-15/h4-5,14,17H,3,6-12H2,1-2H3/t14-/m1/s1. The zero-order valence-electron chi connectivity index (χ0n) is 13.9. The van der Waals surface area contributed by atoms with Gasteiger partial charge < -0.3 is 4.74 Å². The van der Waals surface area contributed by atoms with Crippen LogP contribution in [0.2, 0.25) is 0 Å². The Labute approximate surface area is 143 Å². The molecular formula is C16H26N2O3S2. The monoisotopic (exact) mass is 358 g/mol. The Morgan fingerprint density at radius 1 is 1.43 bits per heavy atom. The van der Waals surface area contributed by atoms with Gasteiger partial charge >= 0.3 is 0 Å². The van der Waals surface area contributed by atoms with Gasteiger partial charge in [0.1, 0.15) is 0 Å². The van der Waals surface area contributed by atoms with E-state index in [1.165, 1.54) is 9.75 Å². The summed E-state index contributed by atoms with van der Waals surface area (Å²) in [5, 5.41) is 0. The van der Waals surface area contributed by atoms with Crippen LogP contribution in [0.4, 0.5) is 0 Å². The van der Waals surface area contributed by atoms with Crippen molar-refractivity contribution in [1.29, 1.82) is 0 Å². The summed E-state index contributed by atoms with van der Waals surface area (Å²) in [6.07, 6.45) is 2.07. The van der Waals surface area contributed by atoms with Gasteiger partial charge in [-0.3, -0.25) is 4.90 Å². The van der Waals surface area contributed by atoms with Crippen LogP contribution in [-0.2, 0) is 21.3 Å². The molecule has 0 saturated carbocycles. The molecular weight excluding hydrogens is 332 g/mol. The zero-order chi connectivity index (χ0) is 16.5. The summed E-state index contributed by atoms with van der Waals surface area (Å²) in [5.74, 6) is 0.442. The molecule has 0 bridgehead atoms. The van der Waals surface area contributed by atoms with Gasteiger partial charge in [-0.25, -0.2) is 13.1 Å². The largest absolute Gasteiger partial charge is 0.372 e. The summed E-state index contributed by atoms with van der Waals surface area (Å²) >= 11 is 1.86. The highest BCUT2D eigenvalue weighted by Crippen LogP contribution is 2.37. The SMILES string of the molecule is CCS(=O)(=O)NC[C@H]1CCC2(CN(Cc3ccc(C)s3)C2)OC1. The van der Waals surface area contributed by atoms with E-state index in [0.717, 1.165) is 32.5 Å². The molecule has 7 heteroatoms. The quantitative estimate of drug-likeness (QED) is 0.845. The summed E-state index contributed by atoms with van der Waals surface area (Å²) in [7, 11) is -3.09. The van der Waals surface area contributed by atoms with Gasteiger partial charge in [0.25, 0.3) is 0 Å². The first-order chi connectivity index (χ1) is 10.9. The van der Waals surface area contributed by atoms with E-state index < -0.39 is 10.0 Å². The number of aryl methyl sites for hydroxylation is 1. The normalized spacial score (nSPS) is 24.7. The number of hydrogen-bond donors (Lipinski definition) is 1. The number of nitrogens with zero attached hydrogens (tertiary/aromatic N) is 1. The molecule has 1 atom stereocenters. The average Bonchev–Trinajstić information content (AvgIpc) is 2.90. The molecule has 1 aromatic heterocycles. The maximum absolute atomic E-state index is 11.5. The highest BCUT2D eigenvalue weighted by molar-refractivity contribution is 7.89. The second kappa shape index (κ2) is 6.80. The van der Waals surface area contributed by atoms with Gasteiger partial charge in [0.2, 0.25) is 10.0 Å². The van der Waals surface area contributed by atoms with Gasteiger partial charge in [-0.2, -0.15) is 0 Å². The predicted octanol–water partition coefficient (Wildman–Crippen LogP) is 1.98. The lowest BCUT2D eigenvalue weighted by molar-refractivity contribution is -0.180. The van der Waals surface area contributed by atoms with Crippen molar-refractivity contribution in [2.24, 2.45) is 5.92 Å². The molecule has 1 spiro atoms. The molecule has 1 N–H and O–H groups in total. The molecule has 2 aliphatic heterocycles. The van der Waals surface area contributed by atoms with E-state index in [2.05, 4.69) is 28.7 Å². The Morgan fingerprint density at radius 3 is 2.78 bits per heavy atom. The Bertz CT molecular complexity index is 626. The van der Waals surface area contributed by atoms with Gasteiger partial charge in [-0.15, -0.1) is 11.3 Å². The number of ether oxygens (including phenoxy) is 1. The van der Waals surface area contributed by atoms with Gasteiger partial charge in [-0.1, -0.05) is 0 Å². The summed E-state index contributed by atoms with van der Waals surface area (Å²) in [4.78, 5) is 5.22. The van der Waals surface area contributed by atoms with E-state index in [0.29, 0.717) is 19.1 Å². The van der Waals surface area contributed by atoms with Crippen molar-refractivity contribution in [3.8, 4) is 0 Å². The Balaban J connectivity index is 1.40. The van der Waals surface area contributed by atoms with E-state index in [4.69, 9.17) is 4.74 Å². The summed E-state index contributed by atoms with van der Waals surface area (Å²) < 4.78 is 31.8. The molecule has 3 rings (SSSR count). The lowest BCUT2D eigenvalue weighted by Gasteiger charge is -2.52. The average molecular weight is 359 g/mol. The van der Waals surface area contributed by atoms with Crippen LogP contribution < -0.4 is 4.72 Å². The molecule has 5 nitrogen and oxygen atoms in total. The third-order valence-electron chi connectivity index (χ3n) is 4.80. The first kappa shape index (κ1) is 17.4. The maximum atomic E-state index is 11.5. The summed E-state index contributed by atoms with van der Waals surface area (Å²) in [5.41, 5.74) is 0.0203. The van der Waals surface area contributed by atoms with Crippen LogP contribution in [0.15, 0.2) is 12.1 Å². The van der Waals surface area contributed by atoms with Gasteiger partial charge in [0.15, 0.2) is 0 Å². The molecule has 0 unspecified atom stereocenters. The fourth-order valence-electron chi connectivity index (χ4n) is 3.35. The van der Waals surface area contributed by atoms with Crippen molar-refractivity contribution in [1.82, 2.24) is 9.62 Å². The second-order valence-electron chi connectivity index (χ2n) is 6.81. The maximum Gasteiger partial charge on any atom is 0.211 e. The first-order valence-electron chi connectivity index (χ1n) is 8.29. The molecule has 2 fully saturated rings. The van der Waals surface area contributed by atoms with Crippen LogP contribution in [0.1, 0.15) is 29.5 Å². The Hall–Kier alpha value is -0.470. The van der Waals surface area contributed by atoms with E-state index >= 15 is 0 Å². The number of sulfonamides is 1. The van der Waals surface area contributed by atoms with Gasteiger partial charge in [0.05, 0.1) is 18.0 Å². The minimum atomic E-state index is -3.09. The molecule has 130 valence electrons. The Morgan fingerprint density at radius 2 is 2.22 bits per heavy atom. The van der Waals surface area contributed by atoms with Gasteiger partial charge in [-0.05, 0) is 44.7 Å². The van der Waals surface area contributed by atoms with Crippen LogP contribution in [0, 0.1) is 12.8 Å². The summed E-state index contributed by atoms with van der Waals surface area (Å²) in [6.45, 7) is 7.98. The fraction of sp³-hybridized carbons (Fsp3) is 0.750. The van der Waals surface area contributed by atoms with E-state index in [-0.39, 0.29) is 11.4 Å². The van der Waals surface area contributed by atoms with Crippen LogP contribution in [0.25, 0.3) is 0 Å². The second-order valence-corrected chi connectivity index (χ2v) is 10.3. The number of hydrogen-bond acceptors (Lipinski definition) is 5. The molecule has 0 amide bonds. The topological polar surface area (TPSA) is 58.6 Å². The van der Waals surface area contributed by atoms with Crippen molar-refractivity contribution in [3.05, 3.63) is 21.9 Å². The molecule has 23 heavy (non-hydrogen) atoms. The zero-order valence-corrected chi connectivity index (χ0v) is 15.5. The third kappa shape index (κ3) is 4.33. The smallest absolute Gasteiger partial charge is 0.211 e. The molecule has 2 saturated heterocycles. The third-order valence-corrected chi connectivity index (χ3v) is 7.16. The van der Waals surface area contributed by atoms with Crippen molar-refractivity contribution < 1.29 is 13.2 Å². The number of likely N-dealkylation sites (tertiary alicyclic amines) is 1. The first-order valence-corrected chi connectivity index (χ1v) is 10.8. The summed E-state index contributed by atoms with van der Waals surface area (Å²) in [6, 6.07) is 4.39. The molecule has 0 radical (unpaired) electrons. The molecule has 1 aromatic rings. The van der Waals surface area contributed by atoms with Crippen molar-refractivity contribution in [3.63, 3.8) is 0 Å². The van der Waals surface area contributed by atoms with E-state index in [9.17, 15) is 8.42 Å². The number of rotatable bonds is 6. The van der Waals surface area contributed by atoms with Crippen LogP contribution in [0.5, 0.6) is 0 Å². The fourth-order valence-corrected chi connectivity index (χ4v) is 4.97. The Kier molecular flexibility index (Phi) is 5.13. The lowest BCUT2D eigenvalue weighted by Crippen LogP contribution is -2.64. The van der Waals surface area contributed by atoms with E-state index in [1.54, 1.807) is 6.92 Å². The van der Waals surface area contributed by atoms with Crippen molar-refractivity contribution >= 4 is 21.4 Å². The molecule has 0 aliphatic carbocycles. The van der Waals surface area contributed by atoms with Crippen LogP contribution in [0.3, 0.4) is 0 Å². The number of thiophene rings is 1.